The Hall–Kier alpha value is -9.73. The monoisotopic (exact) mass is 1990 g/mol. The van der Waals surface area contributed by atoms with E-state index in [4.69, 9.17) is 15.2 Å². The zero-order valence-corrected chi connectivity index (χ0v) is 63.4. The third kappa shape index (κ3) is 25.0. The number of hydrogen-bond acceptors (Lipinski definition) is 9. The van der Waals surface area contributed by atoms with Crippen LogP contribution in [-0.2, 0) is 90.0 Å². The summed E-state index contributed by atoms with van der Waals surface area (Å²) in [5.41, 5.74) is 13.1. The van der Waals surface area contributed by atoms with E-state index in [-0.39, 0.29) is 104 Å². The zero-order chi connectivity index (χ0) is 65.7. The number of aliphatic hydroxyl groups excluding tert-OH is 2. The van der Waals surface area contributed by atoms with E-state index < -0.39 is 0 Å². The first-order chi connectivity index (χ1) is 45.9. The van der Waals surface area contributed by atoms with Crippen LogP contribution in [0.4, 0.5) is 0 Å². The molecule has 0 fully saturated rings. The fourth-order valence-corrected chi connectivity index (χ4v) is 9.47. The largest absolute Gasteiger partial charge is 0.512 e. The molecule has 0 unspecified atom stereocenters. The van der Waals surface area contributed by atoms with Gasteiger partial charge in [-0.1, -0.05) is 163 Å². The first-order valence-corrected chi connectivity index (χ1v) is 30.3. The van der Waals surface area contributed by atoms with Gasteiger partial charge in [0.2, 0.25) is 0 Å². The van der Waals surface area contributed by atoms with Crippen molar-refractivity contribution < 1.29 is 100 Å². The summed E-state index contributed by atoms with van der Waals surface area (Å²) in [5, 5.41) is 25.0. The van der Waals surface area contributed by atoms with Crippen LogP contribution < -0.4 is 0 Å². The Bertz CT molecular complexity index is 4550. The fourth-order valence-electron chi connectivity index (χ4n) is 9.47. The maximum Gasteiger partial charge on any atom is 0.155 e. The van der Waals surface area contributed by atoms with Crippen LogP contribution in [0.3, 0.4) is 0 Å². The van der Waals surface area contributed by atoms with Gasteiger partial charge in [0.25, 0.3) is 0 Å². The van der Waals surface area contributed by atoms with Crippen LogP contribution in [0.25, 0.3) is 111 Å². The van der Waals surface area contributed by atoms with E-state index in [1.165, 1.54) is 72.2 Å². The van der Waals surface area contributed by atoms with Crippen LogP contribution in [0.2, 0.25) is 0 Å². The number of fused-ring (bicyclic) bond motifs is 5. The second-order valence-electron chi connectivity index (χ2n) is 21.2. The van der Waals surface area contributed by atoms with Gasteiger partial charge in [-0.05, 0) is 107 Å². The molecular weight excluding hydrogens is 1920 g/mol. The molecule has 4 radical (unpaired) electrons. The Labute approximate surface area is 627 Å². The number of benzene rings is 10. The number of para-hydroxylation sites is 3. The number of rotatable bonds is 7. The van der Waals surface area contributed by atoms with Crippen LogP contribution in [0.5, 0.6) is 0 Å². The summed E-state index contributed by atoms with van der Waals surface area (Å²) in [5.74, 6) is -0.125. The van der Waals surface area contributed by atoms with Crippen LogP contribution in [0.1, 0.15) is 27.7 Å². The second kappa shape index (κ2) is 42.1. The number of pyridine rings is 5. The summed E-state index contributed by atoms with van der Waals surface area (Å²) in [4.78, 5) is 42.6. The number of carbonyl (C=O) groups excluding carboxylic acids is 2. The molecule has 0 bridgehead atoms. The molecular formula is C85H66Ir4N5O4-5. The molecule has 98 heavy (non-hydrogen) atoms. The maximum absolute atomic E-state index is 10.0. The first kappa shape index (κ1) is 79.0. The molecule has 0 atom stereocenters. The maximum atomic E-state index is 10.0. The van der Waals surface area contributed by atoms with Crippen molar-refractivity contribution in [3.05, 3.63) is 358 Å². The van der Waals surface area contributed by atoms with Crippen LogP contribution in [0.15, 0.2) is 327 Å². The zero-order valence-electron chi connectivity index (χ0n) is 53.8. The van der Waals surface area contributed by atoms with Crippen LogP contribution in [0, 0.1) is 30.3 Å². The number of carbonyl (C=O) groups is 2. The van der Waals surface area contributed by atoms with Crippen molar-refractivity contribution in [2.75, 3.05) is 0 Å². The summed E-state index contributed by atoms with van der Waals surface area (Å²) >= 11 is 0. The molecule has 0 aliphatic heterocycles. The molecule has 2 N–H and O–H groups in total. The van der Waals surface area contributed by atoms with Gasteiger partial charge in [0, 0.05) is 105 Å². The number of allylic oxidation sites excluding steroid dienone is 4. The summed E-state index contributed by atoms with van der Waals surface area (Å²) in [6.07, 6.45) is 6.03. The topological polar surface area (TPSA) is 139 Å². The molecule has 0 saturated heterocycles. The molecule has 9 nitrogen and oxygen atoms in total. The minimum Gasteiger partial charge on any atom is -0.512 e. The van der Waals surface area contributed by atoms with Crippen LogP contribution in [-0.4, -0.2) is 46.7 Å². The van der Waals surface area contributed by atoms with Crippen molar-refractivity contribution >= 4 is 65.8 Å². The molecule has 5 heterocycles. The first-order valence-electron chi connectivity index (χ1n) is 30.3. The van der Waals surface area contributed by atoms with E-state index >= 15 is 0 Å². The number of aliphatic hydroxyl groups is 2. The van der Waals surface area contributed by atoms with Crippen molar-refractivity contribution in [1.82, 2.24) is 24.9 Å². The van der Waals surface area contributed by atoms with E-state index in [0.29, 0.717) is 0 Å². The van der Waals surface area contributed by atoms with Gasteiger partial charge in [-0.15, -0.1) is 173 Å². The number of hydrogen-bond donors (Lipinski definition) is 2. The van der Waals surface area contributed by atoms with Crippen molar-refractivity contribution in [2.24, 2.45) is 0 Å². The summed E-state index contributed by atoms with van der Waals surface area (Å²) in [6.45, 7) is 5.70. The van der Waals surface area contributed by atoms with Gasteiger partial charge >= 0.3 is 0 Å². The molecule has 15 aromatic rings. The van der Waals surface area contributed by atoms with Gasteiger partial charge in [-0.25, -0.2) is 0 Å². The Morgan fingerprint density at radius 1 is 0.306 bits per heavy atom. The molecule has 0 aliphatic rings. The number of aromatic nitrogens is 5. The van der Waals surface area contributed by atoms with Gasteiger partial charge in [0.05, 0.1) is 28.1 Å². The Kier molecular flexibility index (Phi) is 33.9. The van der Waals surface area contributed by atoms with Gasteiger partial charge in [-0.2, -0.15) is 0 Å². The molecule has 0 saturated carbocycles. The molecule has 15 rings (SSSR count). The van der Waals surface area contributed by atoms with Gasteiger partial charge < -0.3 is 20.2 Å². The SMILES string of the molecule is CC(=O)C=C(C)O.CC(=O)C=C(C)O.[Ir].[Ir].[Ir].[Ir].[c-]1cc2ccccc2cc1-c1ccc2ccccc2n1.[c-]1ccccc1-c1cc2ccccc2cn1.[c-]1ccccc1-c1ccc2ccccc2n1.[c-]1ccccc1-c1ccc2ccccc2n1.[c-]1ccccc1-c1ccccn1. The van der Waals surface area contributed by atoms with Crippen molar-refractivity contribution in [3.63, 3.8) is 0 Å². The summed E-state index contributed by atoms with van der Waals surface area (Å²) in [6, 6.07) is 113. The summed E-state index contributed by atoms with van der Waals surface area (Å²) in [7, 11) is 0. The van der Waals surface area contributed by atoms with Crippen molar-refractivity contribution in [3.8, 4) is 56.3 Å². The third-order valence-electron chi connectivity index (χ3n) is 13.8. The van der Waals surface area contributed by atoms with E-state index in [0.717, 1.165) is 78.2 Å². The molecule has 496 valence electrons. The van der Waals surface area contributed by atoms with Crippen molar-refractivity contribution in [2.45, 2.75) is 27.7 Å². The molecule has 0 spiro atoms. The molecule has 13 heteroatoms. The molecule has 0 aliphatic carbocycles. The van der Waals surface area contributed by atoms with Gasteiger partial charge in [-0.3, -0.25) is 24.5 Å². The Balaban J connectivity index is 0.000000210. The molecule has 10 aromatic carbocycles. The number of nitrogens with zero attached hydrogens (tertiary/aromatic N) is 5. The standard InChI is InChI=1S/C19H12N.3C15H10N.C11H8N.2C5H8O2.4Ir/c1-2-7-16-13-17(10-9-14(16)5-1)19-12-11-15-6-3-4-8-18(15)20-19;1-2-6-12(7-3-1)15-10-13-8-4-5-9-14(13)11-16-15;2*1-2-6-12(7-3-1)15-11-10-13-8-4-5-9-14(13)16-15;1-2-6-10(7-3-1)11-8-4-5-9-12-11;2*1-4(6)3-5(2)7;;;;/h1-9,11-13H;3*1-6,8-11H;1-6,8-9H;2*3,6H,1-2H3;;;;/q5*-1;;;;;;. The quantitative estimate of drug-likeness (QED) is 0.0907. The average molecular weight is 1990 g/mol. The summed E-state index contributed by atoms with van der Waals surface area (Å²) < 4.78 is 0. The third-order valence-corrected chi connectivity index (χ3v) is 13.8. The smallest absolute Gasteiger partial charge is 0.155 e. The van der Waals surface area contributed by atoms with Gasteiger partial charge in [0.15, 0.2) is 11.6 Å². The van der Waals surface area contributed by atoms with Crippen LogP contribution >= 0.6 is 0 Å². The number of ketones is 2. The predicted octanol–water partition coefficient (Wildman–Crippen LogP) is 20.6. The fraction of sp³-hybridized carbons (Fsp3) is 0.0471. The molecule has 5 aromatic heterocycles. The van der Waals surface area contributed by atoms with E-state index in [2.05, 4.69) is 135 Å². The van der Waals surface area contributed by atoms with E-state index in [9.17, 15) is 9.59 Å². The minimum absolute atomic E-state index is 0. The van der Waals surface area contributed by atoms with E-state index in [1.54, 1.807) is 6.20 Å². The normalized spacial score (nSPS) is 10.2. The van der Waals surface area contributed by atoms with Gasteiger partial charge in [0.1, 0.15) is 0 Å². The van der Waals surface area contributed by atoms with Crippen molar-refractivity contribution in [1.29, 1.82) is 0 Å². The Morgan fingerprint density at radius 3 is 1.01 bits per heavy atom. The van der Waals surface area contributed by atoms with E-state index in [1.807, 2.05) is 212 Å². The minimum atomic E-state index is -0.125. The second-order valence-corrected chi connectivity index (χ2v) is 21.2. The molecule has 0 amide bonds. The predicted molar refractivity (Wildman–Crippen MR) is 384 cm³/mol. The average Bonchev–Trinajstić information content (AvgIpc) is 0.881. The Morgan fingerprint density at radius 2 is 0.643 bits per heavy atom.